The molecule has 2 aromatic carbocycles. The zero-order valence-corrected chi connectivity index (χ0v) is 14.0. The first-order valence-corrected chi connectivity index (χ1v) is 7.87. The van der Waals surface area contributed by atoms with Crippen molar-refractivity contribution >= 4 is 33.2 Å². The van der Waals surface area contributed by atoms with Crippen molar-refractivity contribution in [3.63, 3.8) is 0 Å². The van der Waals surface area contributed by atoms with Crippen molar-refractivity contribution in [3.05, 3.63) is 57.3 Å². The zero-order chi connectivity index (χ0) is 15.2. The van der Waals surface area contributed by atoms with Crippen molar-refractivity contribution in [2.45, 2.75) is 19.9 Å². The molecule has 0 saturated carbocycles. The van der Waals surface area contributed by atoms with Crippen LogP contribution in [0, 0.1) is 5.82 Å². The molecule has 0 unspecified atom stereocenters. The van der Waals surface area contributed by atoms with E-state index in [1.54, 1.807) is 6.07 Å². The zero-order valence-electron chi connectivity index (χ0n) is 11.6. The summed E-state index contributed by atoms with van der Waals surface area (Å²) in [6, 6.07) is 10.2. The maximum Gasteiger partial charge on any atom is 0.124 e. The Balaban J connectivity index is 2.12. The van der Waals surface area contributed by atoms with E-state index < -0.39 is 0 Å². The summed E-state index contributed by atoms with van der Waals surface area (Å²) in [5.41, 5.74) is 1.71. The Kier molecular flexibility index (Phi) is 5.88. The molecule has 112 valence electrons. The molecule has 0 spiro atoms. The summed E-state index contributed by atoms with van der Waals surface area (Å²) in [6.45, 7) is 3.28. The molecule has 0 radical (unpaired) electrons. The van der Waals surface area contributed by atoms with Gasteiger partial charge in [-0.25, -0.2) is 4.39 Å². The molecule has 0 fully saturated rings. The Hall–Kier alpha value is -1.26. The summed E-state index contributed by atoms with van der Waals surface area (Å²) in [4.78, 5) is 0. The number of ether oxygens (including phenoxy) is 1. The third-order valence-corrected chi connectivity index (χ3v) is 3.69. The molecule has 0 heterocycles. The number of rotatable bonds is 6. The predicted molar refractivity (Wildman–Crippen MR) is 88.7 cm³/mol. The maximum atomic E-state index is 13.0. The van der Waals surface area contributed by atoms with Crippen molar-refractivity contribution in [3.8, 4) is 5.75 Å². The fourth-order valence-electron chi connectivity index (χ4n) is 1.86. The lowest BCUT2D eigenvalue weighted by Crippen LogP contribution is -2.04. The molecule has 0 amide bonds. The van der Waals surface area contributed by atoms with Gasteiger partial charge in [0.25, 0.3) is 0 Å². The highest BCUT2D eigenvalue weighted by molar-refractivity contribution is 9.10. The van der Waals surface area contributed by atoms with Crippen molar-refractivity contribution in [2.75, 3.05) is 11.9 Å². The third kappa shape index (κ3) is 4.61. The van der Waals surface area contributed by atoms with E-state index in [4.69, 9.17) is 16.3 Å². The minimum atomic E-state index is -0.347. The Morgan fingerprint density at radius 1 is 1.24 bits per heavy atom. The summed E-state index contributed by atoms with van der Waals surface area (Å²) < 4.78 is 19.7. The number of halogens is 3. The summed E-state index contributed by atoms with van der Waals surface area (Å²) in [6.07, 6.45) is 0.951. The molecule has 0 aliphatic heterocycles. The van der Waals surface area contributed by atoms with Crippen molar-refractivity contribution in [2.24, 2.45) is 0 Å². The molecule has 0 saturated heterocycles. The van der Waals surface area contributed by atoms with Gasteiger partial charge in [-0.15, -0.1) is 0 Å². The molecule has 0 aliphatic carbocycles. The van der Waals surface area contributed by atoms with Crippen molar-refractivity contribution in [1.29, 1.82) is 0 Å². The van der Waals surface area contributed by atoms with Gasteiger partial charge in [0.15, 0.2) is 0 Å². The molecule has 2 aromatic rings. The van der Waals surface area contributed by atoms with Gasteiger partial charge in [0.1, 0.15) is 11.6 Å². The number of hydrogen-bond acceptors (Lipinski definition) is 2. The van der Waals surface area contributed by atoms with E-state index in [1.165, 1.54) is 12.1 Å². The standard InChI is InChI=1S/C16H16BrClFNO/c1-2-7-21-16-6-3-12(17)8-11(16)10-20-15-5-4-13(19)9-14(15)18/h3-6,8-9,20H,2,7,10H2,1H3. The highest BCUT2D eigenvalue weighted by Crippen LogP contribution is 2.27. The van der Waals surface area contributed by atoms with Crippen LogP contribution < -0.4 is 10.1 Å². The molecule has 0 aromatic heterocycles. The van der Waals surface area contributed by atoms with Gasteiger partial charge in [-0.1, -0.05) is 34.5 Å². The molecule has 21 heavy (non-hydrogen) atoms. The van der Waals surface area contributed by atoms with E-state index in [9.17, 15) is 4.39 Å². The fourth-order valence-corrected chi connectivity index (χ4v) is 2.50. The predicted octanol–water partition coefficient (Wildman–Crippen LogP) is 5.64. The highest BCUT2D eigenvalue weighted by Gasteiger charge is 2.07. The van der Waals surface area contributed by atoms with Gasteiger partial charge >= 0.3 is 0 Å². The monoisotopic (exact) mass is 371 g/mol. The van der Waals surface area contributed by atoms with E-state index in [-0.39, 0.29) is 5.82 Å². The minimum Gasteiger partial charge on any atom is -0.493 e. The summed E-state index contributed by atoms with van der Waals surface area (Å²) in [7, 11) is 0. The van der Waals surface area contributed by atoms with Gasteiger partial charge in [0, 0.05) is 16.6 Å². The summed E-state index contributed by atoms with van der Waals surface area (Å²) in [5.74, 6) is 0.491. The van der Waals surface area contributed by atoms with Crippen molar-refractivity contribution in [1.82, 2.24) is 0 Å². The molecule has 5 heteroatoms. The second kappa shape index (κ2) is 7.66. The third-order valence-electron chi connectivity index (χ3n) is 2.88. The normalized spacial score (nSPS) is 10.5. The van der Waals surface area contributed by atoms with E-state index in [2.05, 4.69) is 28.2 Å². The topological polar surface area (TPSA) is 21.3 Å². The number of nitrogens with one attached hydrogen (secondary N) is 1. The van der Waals surface area contributed by atoms with Crippen LogP contribution in [0.4, 0.5) is 10.1 Å². The Morgan fingerprint density at radius 2 is 2.05 bits per heavy atom. The van der Waals surface area contributed by atoms with Gasteiger partial charge in [-0.3, -0.25) is 0 Å². The van der Waals surface area contributed by atoms with E-state index in [1.807, 2.05) is 18.2 Å². The van der Waals surface area contributed by atoms with Crippen LogP contribution in [-0.4, -0.2) is 6.61 Å². The Morgan fingerprint density at radius 3 is 2.76 bits per heavy atom. The number of benzene rings is 2. The van der Waals surface area contributed by atoms with Crippen LogP contribution in [0.3, 0.4) is 0 Å². The lowest BCUT2D eigenvalue weighted by molar-refractivity contribution is 0.314. The summed E-state index contributed by atoms with van der Waals surface area (Å²) >= 11 is 9.46. The van der Waals surface area contributed by atoms with Crippen LogP contribution in [0.25, 0.3) is 0 Å². The molecule has 1 N–H and O–H groups in total. The lowest BCUT2D eigenvalue weighted by atomic mass is 10.2. The minimum absolute atomic E-state index is 0.347. The van der Waals surface area contributed by atoms with E-state index >= 15 is 0 Å². The second-order valence-corrected chi connectivity index (χ2v) is 5.90. The van der Waals surface area contributed by atoms with Crippen LogP contribution in [0.2, 0.25) is 5.02 Å². The number of anilines is 1. The van der Waals surface area contributed by atoms with Crippen LogP contribution >= 0.6 is 27.5 Å². The van der Waals surface area contributed by atoms with Crippen molar-refractivity contribution < 1.29 is 9.13 Å². The maximum absolute atomic E-state index is 13.0. The highest BCUT2D eigenvalue weighted by atomic mass is 79.9. The first-order chi connectivity index (χ1) is 10.1. The van der Waals surface area contributed by atoms with Crippen LogP contribution in [0.15, 0.2) is 40.9 Å². The van der Waals surface area contributed by atoms with Crippen LogP contribution in [0.1, 0.15) is 18.9 Å². The van der Waals surface area contributed by atoms with Gasteiger partial charge < -0.3 is 10.1 Å². The largest absolute Gasteiger partial charge is 0.493 e. The quantitative estimate of drug-likeness (QED) is 0.708. The first-order valence-electron chi connectivity index (χ1n) is 6.70. The van der Waals surface area contributed by atoms with E-state index in [0.29, 0.717) is 23.9 Å². The van der Waals surface area contributed by atoms with Gasteiger partial charge in [0.05, 0.1) is 17.3 Å². The Labute approximate surface area is 137 Å². The molecule has 2 rings (SSSR count). The Bertz CT molecular complexity index is 621. The second-order valence-electron chi connectivity index (χ2n) is 4.58. The van der Waals surface area contributed by atoms with E-state index in [0.717, 1.165) is 22.2 Å². The average molecular weight is 373 g/mol. The molecule has 0 bridgehead atoms. The van der Waals surface area contributed by atoms with Gasteiger partial charge in [0.2, 0.25) is 0 Å². The smallest absolute Gasteiger partial charge is 0.124 e. The molecule has 0 aliphatic rings. The molecule has 0 atom stereocenters. The van der Waals surface area contributed by atoms with Gasteiger partial charge in [-0.2, -0.15) is 0 Å². The fraction of sp³-hybridized carbons (Fsp3) is 0.250. The summed E-state index contributed by atoms with van der Waals surface area (Å²) in [5, 5.41) is 3.56. The van der Waals surface area contributed by atoms with Gasteiger partial charge in [-0.05, 0) is 42.8 Å². The number of hydrogen-bond donors (Lipinski definition) is 1. The van der Waals surface area contributed by atoms with Crippen LogP contribution in [0.5, 0.6) is 5.75 Å². The molecular formula is C16H16BrClFNO. The lowest BCUT2D eigenvalue weighted by Gasteiger charge is -2.13. The average Bonchev–Trinajstić information content (AvgIpc) is 2.45. The molecule has 2 nitrogen and oxygen atoms in total. The van der Waals surface area contributed by atoms with Crippen LogP contribution in [-0.2, 0) is 6.54 Å². The molecular weight excluding hydrogens is 357 g/mol. The SMILES string of the molecule is CCCOc1ccc(Br)cc1CNc1ccc(F)cc1Cl. The first kappa shape index (κ1) is 16.1.